The van der Waals surface area contributed by atoms with Gasteiger partial charge in [0.15, 0.2) is 6.79 Å². The van der Waals surface area contributed by atoms with Crippen molar-refractivity contribution < 1.29 is 54.5 Å². The van der Waals surface area contributed by atoms with E-state index in [9.17, 15) is 35.5 Å². The van der Waals surface area contributed by atoms with Crippen LogP contribution in [0.5, 0.6) is 0 Å². The lowest BCUT2D eigenvalue weighted by Crippen LogP contribution is -2.78. The summed E-state index contributed by atoms with van der Waals surface area (Å²) < 4.78 is 117. The third-order valence-electron chi connectivity index (χ3n) is 3.86. The molecule has 1 saturated heterocycles. The largest absolute Gasteiger partial charge is 0.450 e. The van der Waals surface area contributed by atoms with Crippen LogP contribution in [0.4, 0.5) is 30.7 Å². The minimum absolute atomic E-state index is 0.215. The molecule has 0 aromatic heterocycles. The fraction of sp³-hybridized carbons (Fsp3) is 0.812. The Morgan fingerprint density at radius 3 is 2.11 bits per heavy atom. The molecule has 1 rings (SSSR count). The summed E-state index contributed by atoms with van der Waals surface area (Å²) in [5.74, 6) is -16.9. The smallest absolute Gasteiger partial charge is 0.446 e. The van der Waals surface area contributed by atoms with Gasteiger partial charge < -0.3 is 18.9 Å². The highest BCUT2D eigenvalue weighted by atomic mass is 19.4. The van der Waals surface area contributed by atoms with Crippen molar-refractivity contribution in [3.8, 4) is 0 Å². The van der Waals surface area contributed by atoms with Crippen LogP contribution in [0.15, 0.2) is 12.7 Å². The number of halogens is 7. The average molecular weight is 426 g/mol. The highest BCUT2D eigenvalue weighted by molar-refractivity contribution is 5.81. The Labute approximate surface area is 156 Å². The van der Waals surface area contributed by atoms with E-state index in [4.69, 9.17) is 0 Å². The first-order chi connectivity index (χ1) is 12.5. The van der Waals surface area contributed by atoms with Crippen molar-refractivity contribution in [2.24, 2.45) is 5.41 Å². The molecule has 1 heterocycles. The van der Waals surface area contributed by atoms with Crippen LogP contribution < -0.4 is 0 Å². The van der Waals surface area contributed by atoms with Gasteiger partial charge in [0.25, 0.3) is 0 Å². The lowest BCUT2D eigenvalue weighted by atomic mass is 9.78. The monoisotopic (exact) mass is 426 g/mol. The fourth-order valence-electron chi connectivity index (χ4n) is 2.62. The third kappa shape index (κ3) is 4.13. The molecule has 164 valence electrons. The molecule has 0 N–H and O–H groups in total. The zero-order valence-corrected chi connectivity index (χ0v) is 15.5. The highest BCUT2D eigenvalue weighted by Crippen LogP contribution is 2.59. The highest BCUT2D eigenvalue weighted by Gasteiger charge is 2.85. The van der Waals surface area contributed by atoms with E-state index in [1.807, 2.05) is 0 Å². The molecule has 0 bridgehead atoms. The Kier molecular flexibility index (Phi) is 6.85. The first kappa shape index (κ1) is 24.6. The average Bonchev–Trinajstić information content (AvgIpc) is 2.51. The van der Waals surface area contributed by atoms with Crippen LogP contribution in [0.3, 0.4) is 0 Å². The number of rotatable bonds is 6. The van der Waals surface area contributed by atoms with Gasteiger partial charge in [-0.15, -0.1) is 0 Å². The molecule has 0 amide bonds. The Balaban J connectivity index is 3.69. The standard InChI is InChI=1S/C16H21F7O5/c1-6-9(24)27-11-13(17,18)10(12(3,4)5)28-15(14(11,19)20,16(21,22)23)26-8-25-7-2/h6,10-11H,1,7-8H2,2-5H3. The Morgan fingerprint density at radius 1 is 1.18 bits per heavy atom. The summed E-state index contributed by atoms with van der Waals surface area (Å²) in [4.78, 5) is 11.3. The van der Waals surface area contributed by atoms with Crippen molar-refractivity contribution in [1.82, 2.24) is 0 Å². The number of hydrogen-bond donors (Lipinski definition) is 0. The molecule has 1 fully saturated rings. The second-order valence-corrected chi connectivity index (χ2v) is 7.05. The molecule has 1 aliphatic heterocycles. The quantitative estimate of drug-likeness (QED) is 0.211. The SMILES string of the molecule is C=CC(=O)OC1C(F)(F)C(C(C)(C)C)OC(OCOCC)(C(F)(F)F)C1(F)F. The first-order valence-electron chi connectivity index (χ1n) is 8.04. The molecule has 0 aromatic carbocycles. The zero-order valence-electron chi connectivity index (χ0n) is 15.5. The van der Waals surface area contributed by atoms with Gasteiger partial charge in [-0.2, -0.15) is 30.7 Å². The van der Waals surface area contributed by atoms with Crippen LogP contribution in [0, 0.1) is 5.41 Å². The summed E-state index contributed by atoms with van der Waals surface area (Å²) in [6.45, 7) is 5.79. The molecule has 0 radical (unpaired) electrons. The van der Waals surface area contributed by atoms with Gasteiger partial charge in [-0.1, -0.05) is 27.4 Å². The summed E-state index contributed by atoms with van der Waals surface area (Å²) in [5.41, 5.74) is -1.79. The molecule has 3 unspecified atom stereocenters. The van der Waals surface area contributed by atoms with Gasteiger partial charge in [-0.05, 0) is 12.3 Å². The van der Waals surface area contributed by atoms with E-state index in [1.165, 1.54) is 6.92 Å². The molecule has 1 aliphatic rings. The number of esters is 1. The molecular formula is C16H21F7O5. The molecule has 5 nitrogen and oxygen atoms in total. The topological polar surface area (TPSA) is 54.0 Å². The Bertz CT molecular complexity index is 585. The number of alkyl halides is 7. The summed E-state index contributed by atoms with van der Waals surface area (Å²) in [6.07, 6.45) is -12.3. The predicted octanol–water partition coefficient (Wildman–Crippen LogP) is 4.07. The van der Waals surface area contributed by atoms with Gasteiger partial charge in [0.05, 0.1) is 0 Å². The lowest BCUT2D eigenvalue weighted by molar-refractivity contribution is -0.516. The van der Waals surface area contributed by atoms with Crippen molar-refractivity contribution in [2.75, 3.05) is 13.4 Å². The summed E-state index contributed by atoms with van der Waals surface area (Å²) >= 11 is 0. The molecule has 0 aliphatic carbocycles. The molecule has 0 spiro atoms. The van der Waals surface area contributed by atoms with Gasteiger partial charge in [0.2, 0.25) is 6.10 Å². The third-order valence-corrected chi connectivity index (χ3v) is 3.86. The van der Waals surface area contributed by atoms with Crippen LogP contribution in [-0.4, -0.2) is 55.4 Å². The molecule has 0 saturated carbocycles. The number of ether oxygens (including phenoxy) is 4. The maximum absolute atomic E-state index is 14.8. The molecule has 28 heavy (non-hydrogen) atoms. The minimum Gasteiger partial charge on any atom is -0.446 e. The van der Waals surface area contributed by atoms with Gasteiger partial charge >= 0.3 is 29.8 Å². The van der Waals surface area contributed by atoms with E-state index in [0.29, 0.717) is 0 Å². The molecular weight excluding hydrogens is 405 g/mol. The van der Waals surface area contributed by atoms with E-state index in [1.54, 1.807) is 0 Å². The zero-order chi connectivity index (χ0) is 22.2. The number of hydrogen-bond acceptors (Lipinski definition) is 5. The Hall–Kier alpha value is -1.40. The second kappa shape index (κ2) is 7.79. The first-order valence-corrected chi connectivity index (χ1v) is 8.04. The summed E-state index contributed by atoms with van der Waals surface area (Å²) in [6, 6.07) is 0. The van der Waals surface area contributed by atoms with E-state index in [-0.39, 0.29) is 12.7 Å². The molecule has 12 heteroatoms. The van der Waals surface area contributed by atoms with Crippen LogP contribution in [0.25, 0.3) is 0 Å². The van der Waals surface area contributed by atoms with Crippen LogP contribution in [0.1, 0.15) is 27.7 Å². The van der Waals surface area contributed by atoms with E-state index in [2.05, 4.69) is 25.5 Å². The maximum Gasteiger partial charge on any atom is 0.450 e. The van der Waals surface area contributed by atoms with E-state index in [0.717, 1.165) is 20.8 Å². The van der Waals surface area contributed by atoms with Crippen LogP contribution in [-0.2, 0) is 23.7 Å². The van der Waals surface area contributed by atoms with Crippen molar-refractivity contribution >= 4 is 5.97 Å². The van der Waals surface area contributed by atoms with Gasteiger partial charge in [0.1, 0.15) is 6.10 Å². The predicted molar refractivity (Wildman–Crippen MR) is 80.7 cm³/mol. The fourth-order valence-corrected chi connectivity index (χ4v) is 2.62. The van der Waals surface area contributed by atoms with Gasteiger partial charge in [0, 0.05) is 12.7 Å². The van der Waals surface area contributed by atoms with Gasteiger partial charge in [-0.3, -0.25) is 0 Å². The van der Waals surface area contributed by atoms with Crippen LogP contribution in [0.2, 0.25) is 0 Å². The molecule has 3 atom stereocenters. The van der Waals surface area contributed by atoms with E-state index < -0.39 is 54.2 Å². The van der Waals surface area contributed by atoms with Crippen molar-refractivity contribution in [3.63, 3.8) is 0 Å². The van der Waals surface area contributed by atoms with Crippen molar-refractivity contribution in [3.05, 3.63) is 12.7 Å². The van der Waals surface area contributed by atoms with Crippen molar-refractivity contribution in [1.29, 1.82) is 0 Å². The summed E-state index contributed by atoms with van der Waals surface area (Å²) in [5, 5.41) is 0. The maximum atomic E-state index is 14.8. The van der Waals surface area contributed by atoms with Crippen LogP contribution >= 0.6 is 0 Å². The summed E-state index contributed by atoms with van der Waals surface area (Å²) in [7, 11) is 0. The molecule has 0 aromatic rings. The van der Waals surface area contributed by atoms with Crippen molar-refractivity contribution in [2.45, 2.75) is 63.7 Å². The number of carbonyl (C=O) groups excluding carboxylic acids is 1. The Morgan fingerprint density at radius 2 is 1.71 bits per heavy atom. The second-order valence-electron chi connectivity index (χ2n) is 7.05. The number of carbonyl (C=O) groups is 1. The minimum atomic E-state index is -5.99. The lowest BCUT2D eigenvalue weighted by Gasteiger charge is -2.54. The van der Waals surface area contributed by atoms with Gasteiger partial charge in [-0.25, -0.2) is 4.79 Å². The normalized spacial score (nSPS) is 30.0. The van der Waals surface area contributed by atoms with E-state index >= 15 is 0 Å².